The van der Waals surface area contributed by atoms with Gasteiger partial charge in [-0.05, 0) is 24.5 Å². The van der Waals surface area contributed by atoms with Gasteiger partial charge in [0, 0.05) is 18.2 Å². The number of amides is 1. The molecule has 1 amide bonds. The fourth-order valence-corrected chi connectivity index (χ4v) is 3.49. The summed E-state index contributed by atoms with van der Waals surface area (Å²) in [4.78, 5) is 44.3. The lowest BCUT2D eigenvalue weighted by Gasteiger charge is -2.42. The van der Waals surface area contributed by atoms with E-state index in [0.717, 1.165) is 19.3 Å². The maximum atomic E-state index is 12.5. The summed E-state index contributed by atoms with van der Waals surface area (Å²) in [6.45, 7) is 0.538. The predicted molar refractivity (Wildman–Crippen MR) is 97.3 cm³/mol. The number of hydrogen-bond acceptors (Lipinski definition) is 4. The van der Waals surface area contributed by atoms with Gasteiger partial charge >= 0.3 is 5.69 Å². The average molecular weight is 350 g/mol. The quantitative estimate of drug-likeness (QED) is 0.662. The topological polar surface area (TPSA) is 108 Å². The Morgan fingerprint density at radius 1 is 1.15 bits per heavy atom. The minimum Gasteiger partial charge on any atom is -0.351 e. The van der Waals surface area contributed by atoms with E-state index in [1.807, 2.05) is 18.2 Å². The third-order valence-corrected chi connectivity index (χ3v) is 5.14. The molecule has 3 N–H and O–H groups in total. The number of carbonyl (C=O) groups is 1. The molecule has 2 heterocycles. The molecule has 1 aliphatic rings. The Balaban J connectivity index is 1.56. The van der Waals surface area contributed by atoms with Crippen molar-refractivity contribution in [2.45, 2.75) is 24.7 Å². The molecule has 1 aliphatic carbocycles. The largest absolute Gasteiger partial charge is 0.351 e. The van der Waals surface area contributed by atoms with Crippen molar-refractivity contribution < 1.29 is 4.79 Å². The van der Waals surface area contributed by atoms with Gasteiger partial charge in [0.15, 0.2) is 0 Å². The number of nitrogens with one attached hydrogen (secondary N) is 3. The average Bonchev–Trinajstić information content (AvgIpc) is 2.61. The van der Waals surface area contributed by atoms with Gasteiger partial charge in [0.1, 0.15) is 5.65 Å². The first-order chi connectivity index (χ1) is 12.6. The summed E-state index contributed by atoms with van der Waals surface area (Å²) in [6, 6.07) is 11.6. The van der Waals surface area contributed by atoms with E-state index in [1.54, 1.807) is 0 Å². The molecule has 0 bridgehead atoms. The van der Waals surface area contributed by atoms with Crippen LogP contribution in [-0.4, -0.2) is 27.4 Å². The molecule has 0 unspecified atom stereocenters. The smallest absolute Gasteiger partial charge is 0.327 e. The highest BCUT2D eigenvalue weighted by Gasteiger charge is 2.38. The highest BCUT2D eigenvalue weighted by Crippen LogP contribution is 2.43. The third-order valence-electron chi connectivity index (χ3n) is 5.14. The molecule has 0 atom stereocenters. The normalized spacial score (nSPS) is 15.4. The highest BCUT2D eigenvalue weighted by molar-refractivity contribution is 5.96. The van der Waals surface area contributed by atoms with Gasteiger partial charge in [-0.3, -0.25) is 19.6 Å². The van der Waals surface area contributed by atoms with Crippen LogP contribution in [-0.2, 0) is 5.41 Å². The Kier molecular flexibility index (Phi) is 3.91. The number of pyridine rings is 1. The number of nitrogens with zero attached hydrogens (tertiary/aromatic N) is 1. The fourth-order valence-electron chi connectivity index (χ4n) is 3.49. The van der Waals surface area contributed by atoms with Gasteiger partial charge in [-0.15, -0.1) is 0 Å². The SMILES string of the molecule is O=C(NCC1(c2ccccc2)CCC1)c1cnc2[nH]c(=O)[nH]c(=O)c2c1. The first kappa shape index (κ1) is 16.3. The monoisotopic (exact) mass is 350 g/mol. The lowest BCUT2D eigenvalue weighted by molar-refractivity contribution is 0.0927. The van der Waals surface area contributed by atoms with Crippen LogP contribution in [0.15, 0.2) is 52.2 Å². The zero-order chi connectivity index (χ0) is 18.1. The number of aromatic amines is 2. The number of H-pyrrole nitrogens is 2. The van der Waals surface area contributed by atoms with Crippen LogP contribution in [0.1, 0.15) is 35.2 Å². The minimum absolute atomic E-state index is 0.0239. The van der Waals surface area contributed by atoms with Crippen LogP contribution in [0.3, 0.4) is 0 Å². The summed E-state index contributed by atoms with van der Waals surface area (Å²) in [5.41, 5.74) is 0.474. The molecule has 0 radical (unpaired) electrons. The van der Waals surface area contributed by atoms with E-state index >= 15 is 0 Å². The number of rotatable bonds is 4. The first-order valence-electron chi connectivity index (χ1n) is 8.54. The zero-order valence-electron chi connectivity index (χ0n) is 14.0. The summed E-state index contributed by atoms with van der Waals surface area (Å²) in [5.74, 6) is -0.285. The van der Waals surface area contributed by atoms with Crippen LogP contribution in [0.4, 0.5) is 0 Å². The van der Waals surface area contributed by atoms with E-state index in [-0.39, 0.29) is 27.9 Å². The fraction of sp³-hybridized carbons (Fsp3) is 0.263. The van der Waals surface area contributed by atoms with E-state index in [0.29, 0.717) is 6.54 Å². The maximum Gasteiger partial charge on any atom is 0.327 e. The molecular formula is C19H18N4O3. The Morgan fingerprint density at radius 3 is 2.62 bits per heavy atom. The number of hydrogen-bond donors (Lipinski definition) is 3. The number of carbonyl (C=O) groups excluding carboxylic acids is 1. The van der Waals surface area contributed by atoms with Crippen LogP contribution in [0.2, 0.25) is 0 Å². The van der Waals surface area contributed by atoms with Crippen molar-refractivity contribution >= 4 is 16.9 Å². The van der Waals surface area contributed by atoms with Crippen molar-refractivity contribution in [2.75, 3.05) is 6.54 Å². The van der Waals surface area contributed by atoms with E-state index in [1.165, 1.54) is 17.8 Å². The zero-order valence-corrected chi connectivity index (χ0v) is 14.0. The molecule has 0 spiro atoms. The Morgan fingerprint density at radius 2 is 1.92 bits per heavy atom. The Labute approximate surface area is 148 Å². The predicted octanol–water partition coefficient (Wildman–Crippen LogP) is 1.46. The molecular weight excluding hydrogens is 332 g/mol. The lowest BCUT2D eigenvalue weighted by atomic mass is 9.64. The molecule has 7 heteroatoms. The second-order valence-electron chi connectivity index (χ2n) is 6.71. The van der Waals surface area contributed by atoms with Crippen molar-refractivity contribution in [1.29, 1.82) is 0 Å². The molecule has 1 saturated carbocycles. The second kappa shape index (κ2) is 6.25. The lowest BCUT2D eigenvalue weighted by Crippen LogP contribution is -2.45. The first-order valence-corrected chi connectivity index (χ1v) is 8.54. The summed E-state index contributed by atoms with van der Waals surface area (Å²) in [5, 5.41) is 3.15. The third kappa shape index (κ3) is 2.81. The van der Waals surface area contributed by atoms with Crippen LogP contribution >= 0.6 is 0 Å². The Bertz CT molecular complexity index is 1080. The van der Waals surface area contributed by atoms with Gasteiger partial charge in [-0.2, -0.15) is 0 Å². The van der Waals surface area contributed by atoms with E-state index in [9.17, 15) is 14.4 Å². The highest BCUT2D eigenvalue weighted by atomic mass is 16.2. The summed E-state index contributed by atoms with van der Waals surface area (Å²) < 4.78 is 0. The van der Waals surface area contributed by atoms with Crippen LogP contribution in [0, 0.1) is 0 Å². The van der Waals surface area contributed by atoms with Crippen LogP contribution in [0.25, 0.3) is 11.0 Å². The van der Waals surface area contributed by atoms with Crippen LogP contribution in [0.5, 0.6) is 0 Å². The van der Waals surface area contributed by atoms with Gasteiger partial charge < -0.3 is 5.32 Å². The number of benzene rings is 1. The molecule has 26 heavy (non-hydrogen) atoms. The van der Waals surface area contributed by atoms with Crippen molar-refractivity contribution in [3.63, 3.8) is 0 Å². The summed E-state index contributed by atoms with van der Waals surface area (Å²) in [7, 11) is 0. The van der Waals surface area contributed by atoms with Gasteiger partial charge in [0.05, 0.1) is 10.9 Å². The van der Waals surface area contributed by atoms with Gasteiger partial charge in [-0.25, -0.2) is 9.78 Å². The minimum atomic E-state index is -0.623. The molecule has 132 valence electrons. The van der Waals surface area contributed by atoms with Gasteiger partial charge in [0.25, 0.3) is 11.5 Å². The second-order valence-corrected chi connectivity index (χ2v) is 6.71. The van der Waals surface area contributed by atoms with Crippen molar-refractivity contribution in [1.82, 2.24) is 20.3 Å². The van der Waals surface area contributed by atoms with Crippen molar-refractivity contribution in [2.24, 2.45) is 0 Å². The van der Waals surface area contributed by atoms with E-state index in [4.69, 9.17) is 0 Å². The molecule has 0 saturated heterocycles. The Hall–Kier alpha value is -3.22. The number of aromatic nitrogens is 3. The van der Waals surface area contributed by atoms with E-state index < -0.39 is 11.2 Å². The van der Waals surface area contributed by atoms with Crippen LogP contribution < -0.4 is 16.6 Å². The molecule has 2 aromatic heterocycles. The van der Waals surface area contributed by atoms with Gasteiger partial charge in [0.2, 0.25) is 0 Å². The maximum absolute atomic E-state index is 12.5. The van der Waals surface area contributed by atoms with Crippen molar-refractivity contribution in [3.05, 3.63) is 74.6 Å². The molecule has 4 rings (SSSR count). The van der Waals surface area contributed by atoms with Gasteiger partial charge in [-0.1, -0.05) is 36.8 Å². The molecule has 3 aromatic rings. The molecule has 7 nitrogen and oxygen atoms in total. The molecule has 1 fully saturated rings. The summed E-state index contributed by atoms with van der Waals surface area (Å²) in [6.07, 6.45) is 4.58. The summed E-state index contributed by atoms with van der Waals surface area (Å²) >= 11 is 0. The molecule has 1 aromatic carbocycles. The van der Waals surface area contributed by atoms with E-state index in [2.05, 4.69) is 32.4 Å². The molecule has 0 aliphatic heterocycles. The van der Waals surface area contributed by atoms with Crippen molar-refractivity contribution in [3.8, 4) is 0 Å². The number of fused-ring (bicyclic) bond motifs is 1. The standard InChI is InChI=1S/C19H18N4O3/c24-16(12-9-14-15(20-10-12)22-18(26)23-17(14)25)21-11-19(7-4-8-19)13-5-2-1-3-6-13/h1-3,5-6,9-10H,4,7-8,11H2,(H,21,24)(H2,20,22,23,25,26).